The molecule has 3 aromatic rings. The summed E-state index contributed by atoms with van der Waals surface area (Å²) in [5.41, 5.74) is 3.67. The molecule has 0 bridgehead atoms. The van der Waals surface area contributed by atoms with Crippen LogP contribution < -0.4 is 0 Å². The minimum absolute atomic E-state index is 0.00282. The van der Waals surface area contributed by atoms with Gasteiger partial charge in [-0.25, -0.2) is 0 Å². The summed E-state index contributed by atoms with van der Waals surface area (Å²) in [4.78, 5) is 12.4. The summed E-state index contributed by atoms with van der Waals surface area (Å²) in [7, 11) is 0. The normalized spacial score (nSPS) is 13.4. The van der Waals surface area contributed by atoms with Crippen LogP contribution >= 0.6 is 0 Å². The van der Waals surface area contributed by atoms with Crippen molar-refractivity contribution in [1.82, 2.24) is 0 Å². The molecule has 1 heterocycles. The highest BCUT2D eigenvalue weighted by molar-refractivity contribution is 6.13. The second-order valence-electron chi connectivity index (χ2n) is 4.57. The molecule has 0 amide bonds. The van der Waals surface area contributed by atoms with Crippen molar-refractivity contribution in [3.63, 3.8) is 0 Å². The predicted octanol–water partition coefficient (Wildman–Crippen LogP) is 3.57. The van der Waals surface area contributed by atoms with Crippen LogP contribution in [-0.4, -0.2) is 5.78 Å². The fraction of sp³-hybridized carbons (Fsp3) is 0.0625. The summed E-state index contributed by atoms with van der Waals surface area (Å²) in [6.07, 6.45) is 0.772. The number of ketones is 1. The zero-order chi connectivity index (χ0) is 12.1. The molecule has 0 saturated carbocycles. The first kappa shape index (κ1) is 9.66. The predicted molar refractivity (Wildman–Crippen MR) is 68.9 cm³/mol. The fourth-order valence-corrected chi connectivity index (χ4v) is 2.67. The number of carbonyl (C=O) groups is 1. The molecule has 86 valence electrons. The van der Waals surface area contributed by atoms with Crippen molar-refractivity contribution in [2.45, 2.75) is 6.42 Å². The van der Waals surface area contributed by atoms with Crippen molar-refractivity contribution in [3.05, 3.63) is 71.0 Å². The van der Waals surface area contributed by atoms with Gasteiger partial charge in [0.25, 0.3) is 0 Å². The van der Waals surface area contributed by atoms with Crippen molar-refractivity contribution in [1.29, 1.82) is 0 Å². The van der Waals surface area contributed by atoms with E-state index in [2.05, 4.69) is 0 Å². The SMILES string of the molecule is O=C1c2ccccc2Cc2c1oc1ccccc21. The van der Waals surface area contributed by atoms with E-state index in [1.165, 1.54) is 0 Å². The molecule has 1 aliphatic carbocycles. The van der Waals surface area contributed by atoms with E-state index < -0.39 is 0 Å². The number of para-hydroxylation sites is 1. The molecule has 4 rings (SSSR count). The van der Waals surface area contributed by atoms with E-state index in [1.54, 1.807) is 0 Å². The van der Waals surface area contributed by atoms with Crippen LogP contribution in [0.4, 0.5) is 0 Å². The van der Waals surface area contributed by atoms with Crippen LogP contribution in [0.5, 0.6) is 0 Å². The van der Waals surface area contributed by atoms with E-state index in [4.69, 9.17) is 4.42 Å². The Labute approximate surface area is 104 Å². The van der Waals surface area contributed by atoms with Gasteiger partial charge in [0.2, 0.25) is 5.78 Å². The van der Waals surface area contributed by atoms with E-state index >= 15 is 0 Å². The van der Waals surface area contributed by atoms with Crippen molar-refractivity contribution in [3.8, 4) is 0 Å². The maximum atomic E-state index is 12.4. The number of fused-ring (bicyclic) bond motifs is 4. The van der Waals surface area contributed by atoms with Crippen LogP contribution in [-0.2, 0) is 6.42 Å². The summed E-state index contributed by atoms with van der Waals surface area (Å²) >= 11 is 0. The number of furan rings is 1. The molecular weight excluding hydrogens is 224 g/mol. The first-order chi connectivity index (χ1) is 8.84. The standard InChI is InChI=1S/C16H10O2/c17-15-11-6-2-1-5-10(11)9-13-12-7-3-4-8-14(12)18-16(13)15/h1-8H,9H2. The van der Waals surface area contributed by atoms with E-state index in [1.807, 2.05) is 48.5 Å². The van der Waals surface area contributed by atoms with Crippen LogP contribution in [0.25, 0.3) is 11.0 Å². The number of rotatable bonds is 0. The lowest BCUT2D eigenvalue weighted by atomic mass is 9.88. The summed E-state index contributed by atoms with van der Waals surface area (Å²) in [5, 5.41) is 1.05. The molecular formula is C16H10O2. The van der Waals surface area contributed by atoms with Gasteiger partial charge in [-0.15, -0.1) is 0 Å². The lowest BCUT2D eigenvalue weighted by Gasteiger charge is -2.13. The lowest BCUT2D eigenvalue weighted by Crippen LogP contribution is -2.12. The number of benzene rings is 2. The van der Waals surface area contributed by atoms with Crippen LogP contribution in [0.1, 0.15) is 27.2 Å². The van der Waals surface area contributed by atoms with Crippen molar-refractivity contribution in [2.75, 3.05) is 0 Å². The topological polar surface area (TPSA) is 30.2 Å². The quantitative estimate of drug-likeness (QED) is 0.465. The Bertz CT molecular complexity index is 781. The molecule has 0 spiro atoms. The molecule has 2 aromatic carbocycles. The van der Waals surface area contributed by atoms with Gasteiger partial charge in [0.1, 0.15) is 5.58 Å². The van der Waals surface area contributed by atoms with Gasteiger partial charge in [0.05, 0.1) is 0 Å². The largest absolute Gasteiger partial charge is 0.452 e. The van der Waals surface area contributed by atoms with E-state index in [0.717, 1.165) is 34.1 Å². The second-order valence-corrected chi connectivity index (χ2v) is 4.57. The Morgan fingerprint density at radius 3 is 2.67 bits per heavy atom. The maximum Gasteiger partial charge on any atom is 0.228 e. The van der Waals surface area contributed by atoms with Gasteiger partial charge in [-0.3, -0.25) is 4.79 Å². The molecule has 2 nitrogen and oxygen atoms in total. The van der Waals surface area contributed by atoms with Gasteiger partial charge >= 0.3 is 0 Å². The maximum absolute atomic E-state index is 12.4. The Hall–Kier alpha value is -2.35. The highest BCUT2D eigenvalue weighted by Gasteiger charge is 2.28. The smallest absolute Gasteiger partial charge is 0.228 e. The molecule has 0 N–H and O–H groups in total. The Balaban J connectivity index is 2.05. The fourth-order valence-electron chi connectivity index (χ4n) is 2.67. The third-order valence-corrected chi connectivity index (χ3v) is 3.53. The number of carbonyl (C=O) groups excluding carboxylic acids is 1. The zero-order valence-corrected chi connectivity index (χ0v) is 9.64. The van der Waals surface area contributed by atoms with Crippen LogP contribution in [0.15, 0.2) is 52.9 Å². The van der Waals surface area contributed by atoms with Crippen LogP contribution in [0.2, 0.25) is 0 Å². The molecule has 1 aliphatic rings. The zero-order valence-electron chi connectivity index (χ0n) is 9.64. The first-order valence-electron chi connectivity index (χ1n) is 5.97. The summed E-state index contributed by atoms with van der Waals surface area (Å²) in [6.45, 7) is 0. The van der Waals surface area contributed by atoms with Crippen molar-refractivity contribution >= 4 is 16.8 Å². The molecule has 0 fully saturated rings. The number of hydrogen-bond acceptors (Lipinski definition) is 2. The molecule has 1 aromatic heterocycles. The van der Waals surface area contributed by atoms with Gasteiger partial charge < -0.3 is 4.42 Å². The Morgan fingerprint density at radius 2 is 1.72 bits per heavy atom. The Morgan fingerprint density at radius 1 is 0.944 bits per heavy atom. The molecule has 0 radical (unpaired) electrons. The van der Waals surface area contributed by atoms with Gasteiger partial charge in [0, 0.05) is 22.9 Å². The van der Waals surface area contributed by atoms with Gasteiger partial charge in [0.15, 0.2) is 5.76 Å². The van der Waals surface area contributed by atoms with E-state index in [9.17, 15) is 4.79 Å². The molecule has 0 atom stereocenters. The average Bonchev–Trinajstić information content (AvgIpc) is 2.79. The third-order valence-electron chi connectivity index (χ3n) is 3.53. The van der Waals surface area contributed by atoms with E-state index in [0.29, 0.717) is 5.76 Å². The van der Waals surface area contributed by atoms with Crippen LogP contribution in [0.3, 0.4) is 0 Å². The minimum atomic E-state index is 0.00282. The molecule has 0 unspecified atom stereocenters. The highest BCUT2D eigenvalue weighted by Crippen LogP contribution is 2.34. The summed E-state index contributed by atoms with van der Waals surface area (Å²) in [5.74, 6) is 0.512. The lowest BCUT2D eigenvalue weighted by molar-refractivity contribution is 0.101. The first-order valence-corrected chi connectivity index (χ1v) is 5.97. The van der Waals surface area contributed by atoms with Crippen molar-refractivity contribution < 1.29 is 9.21 Å². The molecule has 18 heavy (non-hydrogen) atoms. The summed E-state index contributed by atoms with van der Waals surface area (Å²) in [6, 6.07) is 15.6. The van der Waals surface area contributed by atoms with Gasteiger partial charge in [-0.2, -0.15) is 0 Å². The molecule has 2 heteroatoms. The Kier molecular flexibility index (Phi) is 1.78. The van der Waals surface area contributed by atoms with Gasteiger partial charge in [-0.05, 0) is 11.6 Å². The van der Waals surface area contributed by atoms with Gasteiger partial charge in [-0.1, -0.05) is 42.5 Å². The van der Waals surface area contributed by atoms with E-state index in [-0.39, 0.29) is 5.78 Å². The molecule has 0 saturated heterocycles. The summed E-state index contributed by atoms with van der Waals surface area (Å²) < 4.78 is 5.71. The average molecular weight is 234 g/mol. The highest BCUT2D eigenvalue weighted by atomic mass is 16.3. The van der Waals surface area contributed by atoms with Crippen LogP contribution in [0, 0.1) is 0 Å². The monoisotopic (exact) mass is 234 g/mol. The molecule has 0 aliphatic heterocycles. The second kappa shape index (κ2) is 3.33. The third kappa shape index (κ3) is 1.15. The minimum Gasteiger partial charge on any atom is -0.452 e. The number of hydrogen-bond donors (Lipinski definition) is 0. The van der Waals surface area contributed by atoms with Crippen molar-refractivity contribution in [2.24, 2.45) is 0 Å².